The van der Waals surface area contributed by atoms with E-state index >= 15 is 0 Å². The van der Waals surface area contributed by atoms with Gasteiger partial charge in [-0.05, 0) is 26.0 Å². The lowest BCUT2D eigenvalue weighted by molar-refractivity contribution is 0.377. The summed E-state index contributed by atoms with van der Waals surface area (Å²) in [5, 5.41) is 11.9. The van der Waals surface area contributed by atoms with Crippen molar-refractivity contribution in [2.45, 2.75) is 33.7 Å². The van der Waals surface area contributed by atoms with Gasteiger partial charge in [-0.25, -0.2) is 4.68 Å². The first-order valence-corrected chi connectivity index (χ1v) is 7.36. The van der Waals surface area contributed by atoms with Gasteiger partial charge in [0, 0.05) is 6.42 Å². The Morgan fingerprint density at radius 3 is 2.64 bits per heavy atom. The fourth-order valence-corrected chi connectivity index (χ4v) is 2.39. The Morgan fingerprint density at radius 2 is 1.95 bits per heavy atom. The highest BCUT2D eigenvalue weighted by atomic mass is 16.5. The molecule has 0 unspecified atom stereocenters. The molecule has 0 saturated heterocycles. The summed E-state index contributed by atoms with van der Waals surface area (Å²) >= 11 is 0. The van der Waals surface area contributed by atoms with E-state index < -0.39 is 0 Å². The third-order valence-corrected chi connectivity index (χ3v) is 3.53. The fraction of sp³-hybridized carbons (Fsp3) is 0.312. The predicted molar refractivity (Wildman–Crippen MR) is 84.0 cm³/mol. The second-order valence-corrected chi connectivity index (χ2v) is 5.10. The van der Waals surface area contributed by atoms with E-state index in [0.717, 1.165) is 29.2 Å². The number of nitrogens with zero attached hydrogens (tertiary/aromatic N) is 4. The molecule has 3 aromatic rings. The van der Waals surface area contributed by atoms with Crippen LogP contribution in [0.3, 0.4) is 0 Å². The maximum atomic E-state index is 5.12. The first-order chi connectivity index (χ1) is 10.7. The van der Waals surface area contributed by atoms with Gasteiger partial charge in [0.1, 0.15) is 0 Å². The lowest BCUT2D eigenvalue weighted by Crippen LogP contribution is -2.04. The molecule has 0 fully saturated rings. The summed E-state index contributed by atoms with van der Waals surface area (Å²) in [5.41, 5.74) is 4.05. The number of benzene rings is 1. The summed E-state index contributed by atoms with van der Waals surface area (Å²) in [6.45, 7) is 6.54. The minimum Gasteiger partial charge on any atom is -0.375 e. The monoisotopic (exact) mass is 297 g/mol. The maximum absolute atomic E-state index is 5.12. The molecule has 6 nitrogen and oxygen atoms in total. The number of aromatic nitrogens is 4. The molecule has 3 rings (SSSR count). The second-order valence-electron chi connectivity index (χ2n) is 5.10. The zero-order valence-corrected chi connectivity index (χ0v) is 13.0. The molecule has 22 heavy (non-hydrogen) atoms. The average Bonchev–Trinajstić information content (AvgIpc) is 3.11. The Bertz CT molecular complexity index is 760. The van der Waals surface area contributed by atoms with Crippen LogP contribution in [0.5, 0.6) is 0 Å². The third kappa shape index (κ3) is 2.72. The molecule has 0 amide bonds. The first kappa shape index (κ1) is 14.3. The number of para-hydroxylation sites is 1. The number of aryl methyl sites for hydroxylation is 2. The van der Waals surface area contributed by atoms with Gasteiger partial charge >= 0.3 is 0 Å². The van der Waals surface area contributed by atoms with Gasteiger partial charge in [0.05, 0.1) is 29.3 Å². The number of anilines is 1. The smallest absolute Gasteiger partial charge is 0.226 e. The second kappa shape index (κ2) is 6.01. The molecular weight excluding hydrogens is 278 g/mol. The van der Waals surface area contributed by atoms with E-state index in [4.69, 9.17) is 4.52 Å². The van der Waals surface area contributed by atoms with Crippen LogP contribution in [-0.2, 0) is 13.0 Å². The van der Waals surface area contributed by atoms with Crippen LogP contribution in [0.25, 0.3) is 5.69 Å². The van der Waals surface area contributed by atoms with E-state index in [9.17, 15) is 0 Å². The van der Waals surface area contributed by atoms with E-state index in [2.05, 4.69) is 20.6 Å². The number of hydrogen-bond donors (Lipinski definition) is 1. The van der Waals surface area contributed by atoms with Gasteiger partial charge in [-0.2, -0.15) is 10.1 Å². The van der Waals surface area contributed by atoms with Gasteiger partial charge in [0.15, 0.2) is 5.82 Å². The average molecular weight is 297 g/mol. The minimum absolute atomic E-state index is 0.520. The standard InChI is InChI=1S/C16H19N5O/c1-4-15-18-14(20-22-15)10-17-16-11(2)19-21(12(16)3)13-8-6-5-7-9-13/h5-9,17H,4,10H2,1-3H3. The highest BCUT2D eigenvalue weighted by molar-refractivity contribution is 5.54. The van der Waals surface area contributed by atoms with Crippen molar-refractivity contribution in [3.8, 4) is 5.69 Å². The summed E-state index contributed by atoms with van der Waals surface area (Å²) in [4.78, 5) is 4.30. The number of nitrogens with one attached hydrogen (secondary N) is 1. The van der Waals surface area contributed by atoms with Crippen molar-refractivity contribution in [1.29, 1.82) is 0 Å². The normalized spacial score (nSPS) is 10.9. The first-order valence-electron chi connectivity index (χ1n) is 7.36. The van der Waals surface area contributed by atoms with E-state index in [0.29, 0.717) is 18.3 Å². The van der Waals surface area contributed by atoms with E-state index in [1.807, 2.05) is 55.8 Å². The lowest BCUT2D eigenvalue weighted by Gasteiger charge is -2.06. The van der Waals surface area contributed by atoms with Crippen molar-refractivity contribution in [2.24, 2.45) is 0 Å². The number of hydrogen-bond acceptors (Lipinski definition) is 5. The summed E-state index contributed by atoms with van der Waals surface area (Å²) in [5.74, 6) is 1.31. The molecule has 0 aliphatic carbocycles. The highest BCUT2D eigenvalue weighted by Gasteiger charge is 2.13. The number of rotatable bonds is 5. The molecule has 114 valence electrons. The summed E-state index contributed by atoms with van der Waals surface area (Å²) in [7, 11) is 0. The zero-order valence-electron chi connectivity index (χ0n) is 13.0. The minimum atomic E-state index is 0.520. The largest absolute Gasteiger partial charge is 0.375 e. The van der Waals surface area contributed by atoms with E-state index in [-0.39, 0.29) is 0 Å². The Kier molecular flexibility index (Phi) is 3.91. The van der Waals surface area contributed by atoms with Crippen LogP contribution in [-0.4, -0.2) is 19.9 Å². The van der Waals surface area contributed by atoms with Crippen LogP contribution in [0.15, 0.2) is 34.9 Å². The summed E-state index contributed by atoms with van der Waals surface area (Å²) < 4.78 is 7.05. The van der Waals surface area contributed by atoms with Gasteiger partial charge in [0.25, 0.3) is 0 Å². The van der Waals surface area contributed by atoms with Crippen LogP contribution in [0.1, 0.15) is 30.0 Å². The Morgan fingerprint density at radius 1 is 1.18 bits per heavy atom. The third-order valence-electron chi connectivity index (χ3n) is 3.53. The molecular formula is C16H19N5O. The molecule has 0 bridgehead atoms. The van der Waals surface area contributed by atoms with Crippen LogP contribution < -0.4 is 5.32 Å². The molecule has 1 aromatic carbocycles. The molecule has 1 N–H and O–H groups in total. The van der Waals surface area contributed by atoms with Crippen molar-refractivity contribution in [1.82, 2.24) is 19.9 Å². The molecule has 2 aromatic heterocycles. The zero-order chi connectivity index (χ0) is 15.5. The quantitative estimate of drug-likeness (QED) is 0.784. The van der Waals surface area contributed by atoms with Gasteiger partial charge in [-0.1, -0.05) is 30.3 Å². The van der Waals surface area contributed by atoms with Crippen LogP contribution in [0.4, 0.5) is 5.69 Å². The van der Waals surface area contributed by atoms with Gasteiger partial charge < -0.3 is 9.84 Å². The topological polar surface area (TPSA) is 68.8 Å². The summed E-state index contributed by atoms with van der Waals surface area (Å²) in [6, 6.07) is 10.1. The predicted octanol–water partition coefficient (Wildman–Crippen LogP) is 3.05. The van der Waals surface area contributed by atoms with Gasteiger partial charge in [-0.15, -0.1) is 0 Å². The van der Waals surface area contributed by atoms with E-state index in [1.165, 1.54) is 0 Å². The van der Waals surface area contributed by atoms with Gasteiger partial charge in [0.2, 0.25) is 5.89 Å². The van der Waals surface area contributed by atoms with E-state index in [1.54, 1.807) is 0 Å². The SMILES string of the molecule is CCc1nc(CNc2c(C)nn(-c3ccccc3)c2C)no1. The fourth-order valence-electron chi connectivity index (χ4n) is 2.39. The maximum Gasteiger partial charge on any atom is 0.226 e. The van der Waals surface area contributed by atoms with Crippen LogP contribution in [0.2, 0.25) is 0 Å². The van der Waals surface area contributed by atoms with Gasteiger partial charge in [-0.3, -0.25) is 0 Å². The van der Waals surface area contributed by atoms with Crippen molar-refractivity contribution in [3.05, 3.63) is 53.4 Å². The highest BCUT2D eigenvalue weighted by Crippen LogP contribution is 2.23. The van der Waals surface area contributed by atoms with Crippen molar-refractivity contribution < 1.29 is 4.52 Å². The van der Waals surface area contributed by atoms with Crippen LogP contribution >= 0.6 is 0 Å². The molecule has 0 aliphatic rings. The molecule has 0 saturated carbocycles. The molecule has 0 spiro atoms. The molecule has 6 heteroatoms. The lowest BCUT2D eigenvalue weighted by atomic mass is 10.3. The molecule has 0 aliphatic heterocycles. The molecule has 0 radical (unpaired) electrons. The Hall–Kier alpha value is -2.63. The molecule has 0 atom stereocenters. The van der Waals surface area contributed by atoms with Crippen molar-refractivity contribution >= 4 is 5.69 Å². The van der Waals surface area contributed by atoms with Crippen molar-refractivity contribution in [3.63, 3.8) is 0 Å². The molecule has 2 heterocycles. The Balaban J connectivity index is 1.81. The Labute approximate surface area is 129 Å². The summed E-state index contributed by atoms with van der Waals surface area (Å²) in [6.07, 6.45) is 0.747. The van der Waals surface area contributed by atoms with Crippen molar-refractivity contribution in [2.75, 3.05) is 5.32 Å². The van der Waals surface area contributed by atoms with Crippen LogP contribution in [0, 0.1) is 13.8 Å².